The Labute approximate surface area is 165 Å². The Morgan fingerprint density at radius 2 is 1.64 bits per heavy atom. The average molecular weight is 366 g/mol. The first kappa shape index (κ1) is 18.0. The Balaban J connectivity index is 1.49. The predicted octanol–water partition coefficient (Wildman–Crippen LogP) is 5.89. The highest BCUT2D eigenvalue weighted by Crippen LogP contribution is 2.33. The number of hydrogen-bond donors (Lipinski definition) is 0. The minimum absolute atomic E-state index is 0.0699. The van der Waals surface area contributed by atoms with Crippen LogP contribution in [0.1, 0.15) is 35.6 Å². The molecule has 3 aromatic rings. The monoisotopic (exact) mass is 366 g/mol. The van der Waals surface area contributed by atoms with Gasteiger partial charge in [0.1, 0.15) is 11.8 Å². The molecule has 3 nitrogen and oxygen atoms in total. The number of rotatable bonds is 5. The summed E-state index contributed by atoms with van der Waals surface area (Å²) in [5, 5.41) is 8.59. The van der Waals surface area contributed by atoms with Gasteiger partial charge in [0.25, 0.3) is 0 Å². The summed E-state index contributed by atoms with van der Waals surface area (Å²) in [5.41, 5.74) is 7.35. The first-order chi connectivity index (χ1) is 13.7. The third-order valence-corrected chi connectivity index (χ3v) is 5.21. The highest BCUT2D eigenvalue weighted by molar-refractivity contribution is 6.02. The van der Waals surface area contributed by atoms with Gasteiger partial charge in [-0.15, -0.1) is 0 Å². The minimum Gasteiger partial charge on any atom is -0.479 e. The molecule has 1 atom stereocenters. The van der Waals surface area contributed by atoms with Gasteiger partial charge in [-0.2, -0.15) is 5.26 Å². The highest BCUT2D eigenvalue weighted by atomic mass is 16.5. The summed E-state index contributed by atoms with van der Waals surface area (Å²) < 4.78 is 5.31. The van der Waals surface area contributed by atoms with Gasteiger partial charge in [0.15, 0.2) is 6.61 Å². The standard InChI is InChI=1S/C25H22N2O/c1-18-4-2-3-5-23(18)25-15-14-24(27-25)21-8-6-19(7-9-21)20-10-12-22(13-11-20)28-17-16-26/h2-13,24H,14-15,17H2,1H3. The summed E-state index contributed by atoms with van der Waals surface area (Å²) in [7, 11) is 0. The van der Waals surface area contributed by atoms with E-state index in [0.29, 0.717) is 5.75 Å². The molecule has 28 heavy (non-hydrogen) atoms. The molecule has 0 spiro atoms. The summed E-state index contributed by atoms with van der Waals surface area (Å²) >= 11 is 0. The van der Waals surface area contributed by atoms with Gasteiger partial charge in [-0.25, -0.2) is 0 Å². The van der Waals surface area contributed by atoms with Gasteiger partial charge in [-0.1, -0.05) is 60.7 Å². The zero-order valence-electron chi connectivity index (χ0n) is 15.9. The molecular formula is C25H22N2O. The largest absolute Gasteiger partial charge is 0.479 e. The number of nitriles is 1. The number of aliphatic imine (C=N–C) groups is 1. The molecule has 3 aromatic carbocycles. The second kappa shape index (κ2) is 8.10. The molecule has 0 aliphatic carbocycles. The molecule has 0 radical (unpaired) electrons. The molecule has 138 valence electrons. The lowest BCUT2D eigenvalue weighted by molar-refractivity contribution is 0.368. The van der Waals surface area contributed by atoms with Crippen molar-refractivity contribution in [2.45, 2.75) is 25.8 Å². The summed E-state index contributed by atoms with van der Waals surface area (Å²) in [6.45, 7) is 2.22. The Kier molecular flexibility index (Phi) is 5.21. The normalized spacial score (nSPS) is 15.7. The lowest BCUT2D eigenvalue weighted by atomic mass is 9.98. The van der Waals surface area contributed by atoms with Crippen LogP contribution in [0, 0.1) is 18.3 Å². The van der Waals surface area contributed by atoms with Gasteiger partial charge in [0.05, 0.1) is 6.04 Å². The Bertz CT molecular complexity index is 1030. The summed E-state index contributed by atoms with van der Waals surface area (Å²) in [6.07, 6.45) is 2.09. The fourth-order valence-corrected chi connectivity index (χ4v) is 3.69. The Morgan fingerprint density at radius 1 is 0.964 bits per heavy atom. The SMILES string of the molecule is Cc1ccccc1C1=NC(c2ccc(-c3ccc(OCC#N)cc3)cc2)CC1. The third-order valence-electron chi connectivity index (χ3n) is 5.21. The van der Waals surface area contributed by atoms with E-state index >= 15 is 0 Å². The zero-order chi connectivity index (χ0) is 19.3. The summed E-state index contributed by atoms with van der Waals surface area (Å²) in [6, 6.07) is 27.2. The third kappa shape index (κ3) is 3.82. The average Bonchev–Trinajstić information content (AvgIpc) is 3.23. The predicted molar refractivity (Wildman–Crippen MR) is 113 cm³/mol. The maximum Gasteiger partial charge on any atom is 0.174 e. The molecule has 1 heterocycles. The van der Waals surface area contributed by atoms with E-state index in [1.807, 2.05) is 30.3 Å². The van der Waals surface area contributed by atoms with Crippen LogP contribution >= 0.6 is 0 Å². The molecule has 0 amide bonds. The number of ether oxygens (including phenoxy) is 1. The van der Waals surface area contributed by atoms with Crippen LogP contribution in [-0.4, -0.2) is 12.3 Å². The summed E-state index contributed by atoms with van der Waals surface area (Å²) in [4.78, 5) is 5.01. The van der Waals surface area contributed by atoms with Crippen LogP contribution in [0.15, 0.2) is 77.8 Å². The van der Waals surface area contributed by atoms with Crippen molar-refractivity contribution in [3.63, 3.8) is 0 Å². The van der Waals surface area contributed by atoms with Crippen molar-refractivity contribution >= 4 is 5.71 Å². The van der Waals surface area contributed by atoms with Crippen molar-refractivity contribution in [1.29, 1.82) is 5.26 Å². The van der Waals surface area contributed by atoms with Crippen molar-refractivity contribution in [3.05, 3.63) is 89.5 Å². The fraction of sp³-hybridized carbons (Fsp3) is 0.200. The molecule has 0 saturated carbocycles. The van der Waals surface area contributed by atoms with Crippen molar-refractivity contribution in [1.82, 2.24) is 0 Å². The molecular weight excluding hydrogens is 344 g/mol. The second-order valence-corrected chi connectivity index (χ2v) is 7.04. The molecule has 0 saturated heterocycles. The van der Waals surface area contributed by atoms with E-state index in [0.717, 1.165) is 24.0 Å². The van der Waals surface area contributed by atoms with E-state index in [9.17, 15) is 0 Å². The van der Waals surface area contributed by atoms with Crippen molar-refractivity contribution in [2.24, 2.45) is 4.99 Å². The van der Waals surface area contributed by atoms with E-state index < -0.39 is 0 Å². The molecule has 0 bridgehead atoms. The van der Waals surface area contributed by atoms with Crippen LogP contribution in [0.4, 0.5) is 0 Å². The van der Waals surface area contributed by atoms with E-state index in [4.69, 9.17) is 15.0 Å². The molecule has 1 aliphatic rings. The van der Waals surface area contributed by atoms with E-state index in [-0.39, 0.29) is 12.6 Å². The molecule has 0 fully saturated rings. The summed E-state index contributed by atoms with van der Waals surface area (Å²) in [5.74, 6) is 0.714. The van der Waals surface area contributed by atoms with Gasteiger partial charge >= 0.3 is 0 Å². The Morgan fingerprint density at radius 3 is 2.32 bits per heavy atom. The van der Waals surface area contributed by atoms with Crippen LogP contribution in [0.25, 0.3) is 11.1 Å². The molecule has 1 unspecified atom stereocenters. The fourth-order valence-electron chi connectivity index (χ4n) is 3.69. The van der Waals surface area contributed by atoms with E-state index in [1.54, 1.807) is 0 Å². The van der Waals surface area contributed by atoms with Gasteiger partial charge in [0.2, 0.25) is 0 Å². The molecule has 0 aromatic heterocycles. The van der Waals surface area contributed by atoms with Crippen LogP contribution < -0.4 is 4.74 Å². The van der Waals surface area contributed by atoms with Crippen LogP contribution in [0.3, 0.4) is 0 Å². The van der Waals surface area contributed by atoms with Crippen molar-refractivity contribution in [2.75, 3.05) is 6.61 Å². The maximum atomic E-state index is 8.59. The van der Waals surface area contributed by atoms with E-state index in [1.165, 1.54) is 22.4 Å². The van der Waals surface area contributed by atoms with Gasteiger partial charge in [-0.05, 0) is 59.7 Å². The smallest absolute Gasteiger partial charge is 0.174 e. The molecule has 4 rings (SSSR count). The Hall–Kier alpha value is -3.38. The molecule has 3 heteroatoms. The number of hydrogen-bond acceptors (Lipinski definition) is 3. The topological polar surface area (TPSA) is 45.4 Å². The van der Waals surface area contributed by atoms with Gasteiger partial charge in [0, 0.05) is 5.71 Å². The maximum absolute atomic E-state index is 8.59. The van der Waals surface area contributed by atoms with Gasteiger partial charge in [-0.3, -0.25) is 4.99 Å². The molecule has 1 aliphatic heterocycles. The minimum atomic E-state index is 0.0699. The zero-order valence-corrected chi connectivity index (χ0v) is 15.9. The molecule has 0 N–H and O–H groups in total. The van der Waals surface area contributed by atoms with Crippen LogP contribution in [0.2, 0.25) is 0 Å². The van der Waals surface area contributed by atoms with Crippen molar-refractivity contribution < 1.29 is 4.74 Å². The lowest BCUT2D eigenvalue weighted by Gasteiger charge is -2.09. The highest BCUT2D eigenvalue weighted by Gasteiger charge is 2.21. The lowest BCUT2D eigenvalue weighted by Crippen LogP contribution is -1.98. The van der Waals surface area contributed by atoms with Crippen LogP contribution in [-0.2, 0) is 0 Å². The van der Waals surface area contributed by atoms with Gasteiger partial charge < -0.3 is 4.74 Å². The second-order valence-electron chi connectivity index (χ2n) is 7.04. The quantitative estimate of drug-likeness (QED) is 0.565. The number of aryl methyl sites for hydroxylation is 1. The first-order valence-electron chi connectivity index (χ1n) is 9.57. The van der Waals surface area contributed by atoms with Crippen molar-refractivity contribution in [3.8, 4) is 22.9 Å². The van der Waals surface area contributed by atoms with Crippen LogP contribution in [0.5, 0.6) is 5.75 Å². The first-order valence-corrected chi connectivity index (χ1v) is 9.57. The number of nitrogens with zero attached hydrogens (tertiary/aromatic N) is 2. The number of benzene rings is 3. The van der Waals surface area contributed by atoms with E-state index in [2.05, 4.69) is 55.5 Å².